The quantitative estimate of drug-likeness (QED) is 0.179. The first-order valence-corrected chi connectivity index (χ1v) is 15.1. The van der Waals surface area contributed by atoms with Crippen LogP contribution in [0.3, 0.4) is 0 Å². The van der Waals surface area contributed by atoms with Gasteiger partial charge in [0.15, 0.2) is 0 Å². The van der Waals surface area contributed by atoms with E-state index in [0.29, 0.717) is 40.0 Å². The number of aryl methyl sites for hydroxylation is 1. The summed E-state index contributed by atoms with van der Waals surface area (Å²) in [4.78, 5) is 19.0. The number of aliphatic hydroxyl groups excluding tert-OH is 2. The molecule has 0 amide bonds. The molecule has 0 spiro atoms. The Morgan fingerprint density at radius 2 is 1.86 bits per heavy atom. The summed E-state index contributed by atoms with van der Waals surface area (Å²) in [6.07, 6.45) is -2.54. The minimum Gasteiger partial charge on any atom is -0.406 e. The fourth-order valence-corrected chi connectivity index (χ4v) is 6.70. The van der Waals surface area contributed by atoms with Gasteiger partial charge in [0.2, 0.25) is 5.95 Å². The van der Waals surface area contributed by atoms with Crippen molar-refractivity contribution in [2.45, 2.75) is 76.1 Å². The maximum atomic E-state index is 12.6. The van der Waals surface area contributed by atoms with Gasteiger partial charge < -0.3 is 25.6 Å². The summed E-state index contributed by atoms with van der Waals surface area (Å²) in [5.74, 6) is 0.336. The van der Waals surface area contributed by atoms with E-state index in [1.165, 1.54) is 35.6 Å². The molecule has 6 rings (SSSR count). The number of aliphatic hydroxyl groups is 2. The van der Waals surface area contributed by atoms with E-state index in [0.717, 1.165) is 28.8 Å². The van der Waals surface area contributed by atoms with Gasteiger partial charge in [0.25, 0.3) is 0 Å². The molecular weight excluding hydrogens is 595 g/mol. The van der Waals surface area contributed by atoms with Crippen LogP contribution in [0.25, 0.3) is 20.8 Å². The van der Waals surface area contributed by atoms with Gasteiger partial charge in [-0.1, -0.05) is 12.1 Å². The third kappa shape index (κ3) is 6.26. The molecule has 0 radical (unpaired) electrons. The van der Waals surface area contributed by atoms with Crippen LogP contribution in [0.1, 0.15) is 61.5 Å². The highest BCUT2D eigenvalue weighted by molar-refractivity contribution is 7.21. The number of pyridine rings is 1. The maximum Gasteiger partial charge on any atom is 0.573 e. The number of rotatable bonds is 9. The first kappa shape index (κ1) is 30.0. The predicted molar refractivity (Wildman–Crippen MR) is 158 cm³/mol. The van der Waals surface area contributed by atoms with Gasteiger partial charge in [-0.3, -0.25) is 4.98 Å². The molecule has 0 aliphatic heterocycles. The van der Waals surface area contributed by atoms with E-state index in [1.54, 1.807) is 6.20 Å². The van der Waals surface area contributed by atoms with E-state index in [-0.39, 0.29) is 24.2 Å². The van der Waals surface area contributed by atoms with E-state index >= 15 is 0 Å². The van der Waals surface area contributed by atoms with Gasteiger partial charge >= 0.3 is 6.36 Å². The van der Waals surface area contributed by atoms with Crippen molar-refractivity contribution in [2.24, 2.45) is 5.92 Å². The summed E-state index contributed by atoms with van der Waals surface area (Å²) < 4.78 is 42.7. The Hall–Kier alpha value is -4.06. The second kappa shape index (κ2) is 11.8. The van der Waals surface area contributed by atoms with Crippen LogP contribution in [-0.4, -0.2) is 54.8 Å². The van der Waals surface area contributed by atoms with E-state index in [9.17, 15) is 28.6 Å². The molecule has 44 heavy (non-hydrogen) atoms. The fraction of sp³-hybridized carbons (Fsp3) is 0.433. The van der Waals surface area contributed by atoms with Crippen LogP contribution in [0, 0.1) is 24.2 Å². The minimum absolute atomic E-state index is 0.109. The normalized spacial score (nSPS) is 22.5. The summed E-state index contributed by atoms with van der Waals surface area (Å²) in [5.41, 5.74) is 3.75. The highest BCUT2D eigenvalue weighted by atomic mass is 32.1. The number of ether oxygens (including phenoxy) is 1. The van der Waals surface area contributed by atoms with Gasteiger partial charge in [-0.25, -0.2) is 9.97 Å². The molecule has 2 fully saturated rings. The third-order valence-corrected chi connectivity index (χ3v) is 9.08. The average Bonchev–Trinajstić information content (AvgIpc) is 3.67. The predicted octanol–water partition coefficient (Wildman–Crippen LogP) is 5.84. The van der Waals surface area contributed by atoms with E-state index in [1.807, 2.05) is 19.9 Å². The summed E-state index contributed by atoms with van der Waals surface area (Å²) in [7, 11) is 0. The number of anilines is 2. The van der Waals surface area contributed by atoms with Crippen LogP contribution >= 0.6 is 11.3 Å². The monoisotopic (exact) mass is 625 g/mol. The number of hydrogen-bond acceptors (Lipinski definition) is 11. The SMILES string of the molecule is Cc1nc(N[C@H](C)c2ccc(OC(F)(F)F)cc2)nc(NC2C[C@H](CC#N)[C@@H](O)[C@H]2O)c1-c1nc2c(C3CC3)nccc2s1. The first-order chi connectivity index (χ1) is 21.0. The van der Waals surface area contributed by atoms with Gasteiger partial charge in [-0.15, -0.1) is 24.5 Å². The van der Waals surface area contributed by atoms with Crippen LogP contribution < -0.4 is 15.4 Å². The number of alkyl halides is 3. The molecule has 2 aliphatic rings. The molecule has 2 saturated carbocycles. The van der Waals surface area contributed by atoms with Crippen molar-refractivity contribution in [2.75, 3.05) is 10.6 Å². The van der Waals surface area contributed by atoms with Gasteiger partial charge in [0, 0.05) is 24.5 Å². The lowest BCUT2D eigenvalue weighted by Gasteiger charge is -2.22. The molecule has 14 heteroatoms. The van der Waals surface area contributed by atoms with E-state index < -0.39 is 30.5 Å². The largest absolute Gasteiger partial charge is 0.573 e. The number of aromatic nitrogens is 4. The van der Waals surface area contributed by atoms with Crippen molar-refractivity contribution in [1.82, 2.24) is 19.9 Å². The number of hydrogen-bond donors (Lipinski definition) is 4. The maximum absolute atomic E-state index is 12.6. The average molecular weight is 626 g/mol. The van der Waals surface area contributed by atoms with Crippen molar-refractivity contribution in [3.63, 3.8) is 0 Å². The first-order valence-electron chi connectivity index (χ1n) is 14.3. The molecule has 4 N–H and O–H groups in total. The number of thiazole rings is 1. The smallest absolute Gasteiger partial charge is 0.406 e. The molecule has 3 heterocycles. The van der Waals surface area contributed by atoms with Crippen molar-refractivity contribution in [1.29, 1.82) is 5.26 Å². The summed E-state index contributed by atoms with van der Waals surface area (Å²) >= 11 is 1.49. The number of benzene rings is 1. The highest BCUT2D eigenvalue weighted by Gasteiger charge is 2.42. The molecule has 4 aromatic rings. The second-order valence-electron chi connectivity index (χ2n) is 11.3. The Morgan fingerprint density at radius 1 is 1.11 bits per heavy atom. The zero-order valence-corrected chi connectivity index (χ0v) is 24.7. The standard InChI is InChI=1S/C30H30F3N7O3S/c1-14(16-5-7-19(8-6-16)43-30(31,32)33)36-29-37-15(2)22(27(40-29)38-20-13-18(9-11-34)25(41)26(20)42)28-39-24-21(44-28)10-12-35-23(24)17-3-4-17/h5-8,10,12,14,17-18,20,25-26,41-42H,3-4,9,13H2,1-2H3,(H2,36,37,38,40)/t14-,18+,20?,25-,26+/m1/s1. The van der Waals surface area contributed by atoms with Crippen LogP contribution in [0.5, 0.6) is 5.75 Å². The molecule has 0 bridgehead atoms. The van der Waals surface area contributed by atoms with Crippen molar-refractivity contribution < 1.29 is 28.1 Å². The topological polar surface area (TPSA) is 149 Å². The van der Waals surface area contributed by atoms with Crippen molar-refractivity contribution in [3.8, 4) is 22.4 Å². The van der Waals surface area contributed by atoms with Gasteiger partial charge in [0.05, 0.1) is 45.9 Å². The molecule has 5 atom stereocenters. The van der Waals surface area contributed by atoms with E-state index in [4.69, 9.17) is 15.0 Å². The minimum atomic E-state index is -4.78. The van der Waals surface area contributed by atoms with Crippen LogP contribution in [0.15, 0.2) is 36.5 Å². The van der Waals surface area contributed by atoms with Crippen LogP contribution in [0.2, 0.25) is 0 Å². The molecule has 3 aromatic heterocycles. The molecule has 2 aliphatic carbocycles. The van der Waals surface area contributed by atoms with Gasteiger partial charge in [-0.05, 0) is 56.9 Å². The lowest BCUT2D eigenvalue weighted by atomic mass is 10.0. The molecule has 1 unspecified atom stereocenters. The van der Waals surface area contributed by atoms with Crippen molar-refractivity contribution in [3.05, 3.63) is 53.5 Å². The Labute approximate surface area is 255 Å². The molecule has 1 aromatic carbocycles. The second-order valence-corrected chi connectivity index (χ2v) is 12.3. The fourth-order valence-electron chi connectivity index (χ4n) is 5.63. The molecule has 0 saturated heterocycles. The molecular formula is C30H30F3N7O3S. The number of halogens is 3. The lowest BCUT2D eigenvalue weighted by Crippen LogP contribution is -2.35. The van der Waals surface area contributed by atoms with Crippen LogP contribution in [-0.2, 0) is 0 Å². The number of nitrogens with zero attached hydrogens (tertiary/aromatic N) is 5. The summed E-state index contributed by atoms with van der Waals surface area (Å²) in [5, 5.41) is 37.8. The number of nitrogens with one attached hydrogen (secondary N) is 2. The summed E-state index contributed by atoms with van der Waals surface area (Å²) in [6, 6.07) is 8.57. The Balaban J connectivity index is 1.34. The zero-order valence-electron chi connectivity index (χ0n) is 23.8. The van der Waals surface area contributed by atoms with Gasteiger partial charge in [0.1, 0.15) is 28.2 Å². The van der Waals surface area contributed by atoms with E-state index in [2.05, 4.69) is 26.4 Å². The number of nitriles is 1. The van der Waals surface area contributed by atoms with Gasteiger partial charge in [-0.2, -0.15) is 10.2 Å². The highest BCUT2D eigenvalue weighted by Crippen LogP contribution is 2.45. The summed E-state index contributed by atoms with van der Waals surface area (Å²) in [6.45, 7) is 3.65. The Morgan fingerprint density at radius 3 is 2.55 bits per heavy atom. The zero-order chi connectivity index (χ0) is 31.2. The Kier molecular flexibility index (Phi) is 8.04. The van der Waals surface area contributed by atoms with Crippen LogP contribution in [0.4, 0.5) is 24.9 Å². The van der Waals surface area contributed by atoms with Crippen molar-refractivity contribution >= 4 is 33.3 Å². The number of fused-ring (bicyclic) bond motifs is 1. The molecule has 230 valence electrons. The lowest BCUT2D eigenvalue weighted by molar-refractivity contribution is -0.274. The third-order valence-electron chi connectivity index (χ3n) is 8.04. The Bertz CT molecular complexity index is 1710. The molecule has 10 nitrogen and oxygen atoms in total.